The monoisotopic (exact) mass is 421 g/mol. The van der Waals surface area contributed by atoms with Crippen LogP contribution in [0.1, 0.15) is 60.3 Å². The first kappa shape index (κ1) is 20.4. The van der Waals surface area contributed by atoms with Crippen LogP contribution < -0.4 is 5.32 Å². The SMILES string of the molecule is Cc1oc(C(C)C)nc1-c1cc(C)n2ncc(C(=O)NC(C3CC3)C(F)(F)F)c2n1. The number of carbonyl (C=O) groups is 1. The number of amides is 1. The van der Waals surface area contributed by atoms with Gasteiger partial charge in [-0.05, 0) is 38.7 Å². The number of aryl methyl sites for hydroxylation is 2. The number of oxazole rings is 1. The molecule has 0 aromatic carbocycles. The van der Waals surface area contributed by atoms with Gasteiger partial charge < -0.3 is 9.73 Å². The third-order valence-electron chi connectivity index (χ3n) is 5.18. The summed E-state index contributed by atoms with van der Waals surface area (Å²) < 4.78 is 47.1. The molecule has 0 radical (unpaired) electrons. The number of carbonyl (C=O) groups excluding carboxylic acids is 1. The molecule has 10 heteroatoms. The summed E-state index contributed by atoms with van der Waals surface area (Å²) in [5, 5.41) is 6.26. The molecule has 3 aromatic heterocycles. The molecule has 1 amide bonds. The van der Waals surface area contributed by atoms with Crippen molar-refractivity contribution in [1.82, 2.24) is 24.9 Å². The van der Waals surface area contributed by atoms with Crippen LogP contribution in [0.15, 0.2) is 16.7 Å². The first-order valence-corrected chi connectivity index (χ1v) is 9.77. The third-order valence-corrected chi connectivity index (χ3v) is 5.18. The second kappa shape index (κ2) is 7.10. The maximum atomic E-state index is 13.3. The van der Waals surface area contributed by atoms with Gasteiger partial charge in [-0.3, -0.25) is 4.79 Å². The lowest BCUT2D eigenvalue weighted by Gasteiger charge is -2.20. The summed E-state index contributed by atoms with van der Waals surface area (Å²) in [6.07, 6.45) is -2.36. The molecule has 1 saturated carbocycles. The zero-order valence-corrected chi connectivity index (χ0v) is 17.0. The van der Waals surface area contributed by atoms with Gasteiger partial charge in [0.15, 0.2) is 11.5 Å². The third kappa shape index (κ3) is 3.66. The molecular weight excluding hydrogens is 399 g/mol. The van der Waals surface area contributed by atoms with Crippen LogP contribution in [0.2, 0.25) is 0 Å². The number of halogens is 3. The van der Waals surface area contributed by atoms with Gasteiger partial charge in [-0.25, -0.2) is 14.5 Å². The van der Waals surface area contributed by atoms with Gasteiger partial charge in [0, 0.05) is 11.6 Å². The van der Waals surface area contributed by atoms with Gasteiger partial charge in [0.2, 0.25) is 0 Å². The smallest absolute Gasteiger partial charge is 0.408 e. The van der Waals surface area contributed by atoms with E-state index in [0.29, 0.717) is 41.6 Å². The van der Waals surface area contributed by atoms with E-state index in [1.807, 2.05) is 13.8 Å². The molecule has 7 nitrogen and oxygen atoms in total. The molecule has 0 bridgehead atoms. The van der Waals surface area contributed by atoms with E-state index in [1.54, 1.807) is 19.9 Å². The van der Waals surface area contributed by atoms with Crippen molar-refractivity contribution in [1.29, 1.82) is 0 Å². The minimum atomic E-state index is -4.50. The average molecular weight is 421 g/mol. The highest BCUT2D eigenvalue weighted by Crippen LogP contribution is 2.40. The summed E-state index contributed by atoms with van der Waals surface area (Å²) >= 11 is 0. The van der Waals surface area contributed by atoms with E-state index in [2.05, 4.69) is 20.4 Å². The molecular formula is C20H22F3N5O2. The number of rotatable bonds is 5. The second-order valence-corrected chi connectivity index (χ2v) is 8.02. The van der Waals surface area contributed by atoms with E-state index in [0.717, 1.165) is 0 Å². The van der Waals surface area contributed by atoms with Gasteiger partial charge in [-0.1, -0.05) is 13.8 Å². The molecule has 160 valence electrons. The Morgan fingerprint density at radius 3 is 2.53 bits per heavy atom. The van der Waals surface area contributed by atoms with E-state index < -0.39 is 24.0 Å². The van der Waals surface area contributed by atoms with E-state index >= 15 is 0 Å². The lowest BCUT2D eigenvalue weighted by atomic mass is 10.1. The molecule has 3 heterocycles. The summed E-state index contributed by atoms with van der Waals surface area (Å²) in [6.45, 7) is 7.44. The molecule has 0 spiro atoms. The minimum Gasteiger partial charge on any atom is -0.445 e. The first-order chi connectivity index (χ1) is 14.1. The van der Waals surface area contributed by atoms with Gasteiger partial charge in [0.25, 0.3) is 5.91 Å². The van der Waals surface area contributed by atoms with Crippen LogP contribution in [0.5, 0.6) is 0 Å². The van der Waals surface area contributed by atoms with Crippen molar-refractivity contribution in [2.45, 2.75) is 58.7 Å². The largest absolute Gasteiger partial charge is 0.445 e. The van der Waals surface area contributed by atoms with Crippen LogP contribution in [0.4, 0.5) is 13.2 Å². The summed E-state index contributed by atoms with van der Waals surface area (Å²) in [4.78, 5) is 21.7. The summed E-state index contributed by atoms with van der Waals surface area (Å²) in [5.74, 6) is -0.200. The maximum Gasteiger partial charge on any atom is 0.408 e. The first-order valence-electron chi connectivity index (χ1n) is 9.77. The van der Waals surface area contributed by atoms with Crippen molar-refractivity contribution in [3.8, 4) is 11.4 Å². The van der Waals surface area contributed by atoms with Crippen molar-refractivity contribution in [3.05, 3.63) is 35.2 Å². The Morgan fingerprint density at radius 2 is 1.97 bits per heavy atom. The highest BCUT2D eigenvalue weighted by Gasteiger charge is 2.49. The van der Waals surface area contributed by atoms with Crippen molar-refractivity contribution in [2.24, 2.45) is 5.92 Å². The fraction of sp³-hybridized carbons (Fsp3) is 0.500. The minimum absolute atomic E-state index is 0.0138. The average Bonchev–Trinajstić information content (AvgIpc) is 3.26. The molecule has 1 atom stereocenters. The van der Waals surface area contributed by atoms with Crippen LogP contribution >= 0.6 is 0 Å². The second-order valence-electron chi connectivity index (χ2n) is 8.02. The zero-order valence-electron chi connectivity index (χ0n) is 17.0. The fourth-order valence-corrected chi connectivity index (χ4v) is 3.41. The molecule has 1 N–H and O–H groups in total. The number of fused-ring (bicyclic) bond motifs is 1. The molecule has 0 aliphatic heterocycles. The Labute approximate surface area is 170 Å². The molecule has 4 rings (SSSR count). The Hall–Kier alpha value is -2.91. The number of alkyl halides is 3. The number of nitrogens with zero attached hydrogens (tertiary/aromatic N) is 4. The molecule has 30 heavy (non-hydrogen) atoms. The van der Waals surface area contributed by atoms with Gasteiger partial charge in [0.05, 0.1) is 11.9 Å². The van der Waals surface area contributed by atoms with Crippen molar-refractivity contribution >= 4 is 11.6 Å². The van der Waals surface area contributed by atoms with Gasteiger partial charge in [-0.15, -0.1) is 0 Å². The van der Waals surface area contributed by atoms with E-state index in [9.17, 15) is 18.0 Å². The predicted molar refractivity (Wildman–Crippen MR) is 102 cm³/mol. The Kier molecular flexibility index (Phi) is 4.82. The lowest BCUT2D eigenvalue weighted by Crippen LogP contribution is -2.46. The van der Waals surface area contributed by atoms with Crippen LogP contribution in [0.25, 0.3) is 17.0 Å². The zero-order chi connectivity index (χ0) is 21.8. The Morgan fingerprint density at radius 1 is 1.27 bits per heavy atom. The summed E-state index contributed by atoms with van der Waals surface area (Å²) in [5.41, 5.74) is 1.82. The topological polar surface area (TPSA) is 85.3 Å². The molecule has 1 aliphatic rings. The quantitative estimate of drug-likeness (QED) is 0.668. The molecule has 1 aliphatic carbocycles. The van der Waals surface area contributed by atoms with E-state index in [1.165, 1.54) is 10.7 Å². The van der Waals surface area contributed by atoms with Crippen molar-refractivity contribution < 1.29 is 22.4 Å². The van der Waals surface area contributed by atoms with Gasteiger partial charge >= 0.3 is 6.18 Å². The van der Waals surface area contributed by atoms with Crippen LogP contribution in [-0.4, -0.2) is 37.7 Å². The van der Waals surface area contributed by atoms with E-state index in [-0.39, 0.29) is 17.1 Å². The molecule has 3 aromatic rings. The predicted octanol–water partition coefficient (Wildman–Crippen LogP) is 4.20. The number of hydrogen-bond acceptors (Lipinski definition) is 5. The van der Waals surface area contributed by atoms with Gasteiger partial charge in [-0.2, -0.15) is 18.3 Å². The molecule has 0 saturated heterocycles. The number of hydrogen-bond donors (Lipinski definition) is 1. The Bertz CT molecular complexity index is 1110. The standard InChI is InChI=1S/C20H22F3N5O2/c1-9(2)19-26-15(11(4)30-19)14-7-10(3)28-17(25-14)13(8-24-28)18(29)27-16(12-5-6-12)20(21,22)23/h7-9,12,16H,5-6H2,1-4H3,(H,27,29). The molecule has 1 unspecified atom stereocenters. The van der Waals surface area contributed by atoms with Crippen LogP contribution in [0, 0.1) is 19.8 Å². The van der Waals surface area contributed by atoms with Crippen LogP contribution in [0.3, 0.4) is 0 Å². The normalized spacial score (nSPS) is 15.7. The highest BCUT2D eigenvalue weighted by atomic mass is 19.4. The van der Waals surface area contributed by atoms with Crippen molar-refractivity contribution in [2.75, 3.05) is 0 Å². The molecule has 1 fully saturated rings. The maximum absolute atomic E-state index is 13.3. The van der Waals surface area contributed by atoms with Gasteiger partial charge in [0.1, 0.15) is 23.1 Å². The van der Waals surface area contributed by atoms with E-state index in [4.69, 9.17) is 4.42 Å². The Balaban J connectivity index is 1.73. The van der Waals surface area contributed by atoms with Crippen LogP contribution in [-0.2, 0) is 0 Å². The highest BCUT2D eigenvalue weighted by molar-refractivity contribution is 6.00. The summed E-state index contributed by atoms with van der Waals surface area (Å²) in [6, 6.07) is -0.116. The lowest BCUT2D eigenvalue weighted by molar-refractivity contribution is -0.158. The fourth-order valence-electron chi connectivity index (χ4n) is 3.41. The van der Waals surface area contributed by atoms with Crippen molar-refractivity contribution in [3.63, 3.8) is 0 Å². The number of nitrogens with one attached hydrogen (secondary N) is 1. The number of aromatic nitrogens is 4. The summed E-state index contributed by atoms with van der Waals surface area (Å²) in [7, 11) is 0.